The molecule has 1 rings (SSSR count). The Morgan fingerprint density at radius 1 is 1.56 bits per heavy atom. The number of nitrogens with two attached hydrogens (primary N) is 1. The molecule has 2 nitrogen and oxygen atoms in total. The minimum atomic E-state index is -2.44. The van der Waals surface area contributed by atoms with E-state index in [4.69, 9.17) is 9.85 Å². The summed E-state index contributed by atoms with van der Waals surface area (Å²) in [7, 11) is -2.44. The molecule has 0 fully saturated rings. The van der Waals surface area contributed by atoms with E-state index >= 15 is 0 Å². The predicted molar refractivity (Wildman–Crippen MR) is 37.4 cm³/mol. The van der Waals surface area contributed by atoms with Crippen molar-refractivity contribution in [1.82, 2.24) is 0 Å². The van der Waals surface area contributed by atoms with E-state index in [1.54, 1.807) is 18.2 Å². The topological polar surface area (TPSA) is 35.2 Å². The van der Waals surface area contributed by atoms with Crippen LogP contribution in [0.3, 0.4) is 0 Å². The van der Waals surface area contributed by atoms with Crippen LogP contribution in [0.5, 0.6) is 5.75 Å². The molecular formula is C7H9NO. The molecule has 0 saturated carbocycles. The van der Waals surface area contributed by atoms with Gasteiger partial charge in [-0.05, 0) is 12.1 Å². The SMILES string of the molecule is [2H]C([2H])([2H])Oc1ccccc1N. The second-order valence-electron chi connectivity index (χ2n) is 1.64. The molecule has 0 aliphatic rings. The van der Waals surface area contributed by atoms with E-state index < -0.39 is 7.04 Å². The molecule has 48 valence electrons. The summed E-state index contributed by atoms with van der Waals surface area (Å²) in [4.78, 5) is 0. The number of hydrogen-bond donors (Lipinski definition) is 1. The van der Waals surface area contributed by atoms with E-state index in [0.29, 0.717) is 5.69 Å². The second-order valence-corrected chi connectivity index (χ2v) is 1.64. The minimum Gasteiger partial charge on any atom is -0.495 e. The lowest BCUT2D eigenvalue weighted by Gasteiger charge is -2.00. The molecule has 0 saturated heterocycles. The second kappa shape index (κ2) is 2.40. The molecule has 1 aromatic carbocycles. The molecule has 0 atom stereocenters. The number of anilines is 1. The van der Waals surface area contributed by atoms with Crippen LogP contribution < -0.4 is 10.5 Å². The number of methoxy groups -OCH3 is 1. The maximum Gasteiger partial charge on any atom is 0.141 e. The highest BCUT2D eigenvalue weighted by molar-refractivity contribution is 5.51. The highest BCUT2D eigenvalue weighted by Gasteiger charge is 1.91. The fourth-order valence-electron chi connectivity index (χ4n) is 0.573. The highest BCUT2D eigenvalue weighted by Crippen LogP contribution is 2.18. The van der Waals surface area contributed by atoms with E-state index in [0.717, 1.165) is 0 Å². The Morgan fingerprint density at radius 3 is 3.00 bits per heavy atom. The van der Waals surface area contributed by atoms with Crippen molar-refractivity contribution >= 4 is 5.69 Å². The normalized spacial score (nSPS) is 15.3. The van der Waals surface area contributed by atoms with Gasteiger partial charge >= 0.3 is 0 Å². The zero-order valence-corrected chi connectivity index (χ0v) is 4.79. The summed E-state index contributed by atoms with van der Waals surface area (Å²) >= 11 is 0. The monoisotopic (exact) mass is 126 g/mol. The average Bonchev–Trinajstić information content (AvgIpc) is 1.91. The number of hydrogen-bond acceptors (Lipinski definition) is 2. The van der Waals surface area contributed by atoms with Gasteiger partial charge in [0.2, 0.25) is 0 Å². The van der Waals surface area contributed by atoms with Crippen LogP contribution in [0.2, 0.25) is 0 Å². The summed E-state index contributed by atoms with van der Waals surface area (Å²) in [5.74, 6) is 0.192. The molecule has 2 N–H and O–H groups in total. The fourth-order valence-corrected chi connectivity index (χ4v) is 0.573. The first-order valence-corrected chi connectivity index (χ1v) is 2.52. The van der Waals surface area contributed by atoms with E-state index in [1.807, 2.05) is 0 Å². The van der Waals surface area contributed by atoms with Gasteiger partial charge in [0.05, 0.1) is 16.8 Å². The zero-order valence-electron chi connectivity index (χ0n) is 7.79. The Kier molecular flexibility index (Phi) is 0.827. The molecule has 0 amide bonds. The summed E-state index contributed by atoms with van der Waals surface area (Å²) in [5.41, 5.74) is 5.78. The first kappa shape index (κ1) is 3.11. The quantitative estimate of drug-likeness (QED) is 0.575. The van der Waals surface area contributed by atoms with Gasteiger partial charge in [-0.2, -0.15) is 0 Å². The predicted octanol–water partition coefficient (Wildman–Crippen LogP) is 1.28. The number of nitrogen functional groups attached to an aromatic ring is 1. The Bertz CT molecular complexity index is 272. The van der Waals surface area contributed by atoms with Gasteiger partial charge in [0.1, 0.15) is 5.75 Å². The van der Waals surface area contributed by atoms with Crippen molar-refractivity contribution < 1.29 is 8.85 Å². The Morgan fingerprint density at radius 2 is 2.33 bits per heavy atom. The number of para-hydroxylation sites is 2. The van der Waals surface area contributed by atoms with Gasteiger partial charge in [-0.3, -0.25) is 0 Å². The Labute approximate surface area is 58.5 Å². The molecule has 0 heterocycles. The first-order chi connectivity index (χ1) is 5.49. The van der Waals surface area contributed by atoms with Gasteiger partial charge in [-0.25, -0.2) is 0 Å². The van der Waals surface area contributed by atoms with Crippen LogP contribution in [-0.2, 0) is 0 Å². The van der Waals surface area contributed by atoms with Crippen LogP contribution in [0, 0.1) is 0 Å². The maximum absolute atomic E-state index is 6.82. The van der Waals surface area contributed by atoms with Crippen LogP contribution in [-0.4, -0.2) is 7.04 Å². The lowest BCUT2D eigenvalue weighted by molar-refractivity contribution is 0.417. The molecule has 1 aromatic rings. The molecule has 0 radical (unpaired) electrons. The van der Waals surface area contributed by atoms with Crippen molar-refractivity contribution in [2.24, 2.45) is 0 Å². The van der Waals surface area contributed by atoms with Crippen molar-refractivity contribution in [2.45, 2.75) is 0 Å². The van der Waals surface area contributed by atoms with Crippen LogP contribution in [0.4, 0.5) is 5.69 Å². The van der Waals surface area contributed by atoms with Crippen molar-refractivity contribution in [2.75, 3.05) is 12.8 Å². The third kappa shape index (κ3) is 1.13. The van der Waals surface area contributed by atoms with Gasteiger partial charge in [0, 0.05) is 0 Å². The molecule has 0 aromatic heterocycles. The van der Waals surface area contributed by atoms with Crippen molar-refractivity contribution in [1.29, 1.82) is 0 Å². The number of ether oxygens (including phenoxy) is 1. The first-order valence-electron chi connectivity index (χ1n) is 4.02. The average molecular weight is 126 g/mol. The zero-order chi connectivity index (χ0) is 9.19. The van der Waals surface area contributed by atoms with Crippen molar-refractivity contribution in [3.63, 3.8) is 0 Å². The summed E-state index contributed by atoms with van der Waals surface area (Å²) in [6, 6.07) is 6.47. The molecule has 0 unspecified atom stereocenters. The van der Waals surface area contributed by atoms with Gasteiger partial charge in [0.15, 0.2) is 0 Å². The van der Waals surface area contributed by atoms with E-state index in [2.05, 4.69) is 4.74 Å². The van der Waals surface area contributed by atoms with Crippen LogP contribution in [0.1, 0.15) is 4.11 Å². The van der Waals surface area contributed by atoms with Crippen molar-refractivity contribution in [3.8, 4) is 5.75 Å². The van der Waals surface area contributed by atoms with Gasteiger partial charge in [-0.15, -0.1) is 0 Å². The summed E-state index contributed by atoms with van der Waals surface area (Å²) in [6.07, 6.45) is 0. The molecule has 2 heteroatoms. The molecular weight excluding hydrogens is 114 g/mol. The van der Waals surface area contributed by atoms with Crippen LogP contribution in [0.15, 0.2) is 24.3 Å². The van der Waals surface area contributed by atoms with E-state index in [-0.39, 0.29) is 5.75 Å². The third-order valence-corrected chi connectivity index (χ3v) is 1.03. The van der Waals surface area contributed by atoms with Crippen LogP contribution in [0.25, 0.3) is 0 Å². The summed E-state index contributed by atoms with van der Waals surface area (Å²) in [5, 5.41) is 0. The van der Waals surface area contributed by atoms with Gasteiger partial charge in [-0.1, -0.05) is 12.1 Å². The smallest absolute Gasteiger partial charge is 0.141 e. The lowest BCUT2D eigenvalue weighted by Crippen LogP contribution is -1.89. The maximum atomic E-state index is 6.82. The Hall–Kier alpha value is -1.18. The fraction of sp³-hybridized carbons (Fsp3) is 0.143. The standard InChI is InChI=1S/C7H9NO/c1-9-7-5-3-2-4-6(7)8/h2-5H,8H2,1H3/i1D3. The van der Waals surface area contributed by atoms with Gasteiger partial charge in [0.25, 0.3) is 0 Å². The molecule has 0 spiro atoms. The van der Waals surface area contributed by atoms with Crippen molar-refractivity contribution in [3.05, 3.63) is 24.3 Å². The minimum absolute atomic E-state index is 0.192. The third-order valence-electron chi connectivity index (χ3n) is 1.03. The number of rotatable bonds is 1. The molecule has 0 aliphatic heterocycles. The number of benzene rings is 1. The Balaban J connectivity index is 2.83. The molecule has 0 aliphatic carbocycles. The summed E-state index contributed by atoms with van der Waals surface area (Å²) in [6.45, 7) is 0. The highest BCUT2D eigenvalue weighted by atomic mass is 16.5. The van der Waals surface area contributed by atoms with Gasteiger partial charge < -0.3 is 10.5 Å². The lowest BCUT2D eigenvalue weighted by atomic mass is 10.3. The van der Waals surface area contributed by atoms with E-state index in [1.165, 1.54) is 6.07 Å². The molecule has 0 bridgehead atoms. The summed E-state index contributed by atoms with van der Waals surface area (Å²) < 4.78 is 25.1. The van der Waals surface area contributed by atoms with E-state index in [9.17, 15) is 0 Å². The largest absolute Gasteiger partial charge is 0.495 e. The van der Waals surface area contributed by atoms with Crippen LogP contribution >= 0.6 is 0 Å². The molecule has 9 heavy (non-hydrogen) atoms.